The van der Waals surface area contributed by atoms with Gasteiger partial charge in [-0.05, 0) is 62.4 Å². The van der Waals surface area contributed by atoms with Crippen LogP contribution in [0.5, 0.6) is 11.5 Å². The molecular weight excluding hydrogens is 352 g/mol. The van der Waals surface area contributed by atoms with E-state index in [1.54, 1.807) is 0 Å². The highest BCUT2D eigenvalue weighted by atomic mass is 32.2. The van der Waals surface area contributed by atoms with Crippen molar-refractivity contribution >= 4 is 12.0 Å². The van der Waals surface area contributed by atoms with Gasteiger partial charge in [-0.15, -0.1) is 4.33 Å². The van der Waals surface area contributed by atoms with E-state index in [4.69, 9.17) is 14.7 Å². The molecule has 0 aromatic heterocycles. The van der Waals surface area contributed by atoms with Gasteiger partial charge in [0.25, 0.3) is 0 Å². The number of ether oxygens (including phenoxy) is 2. The summed E-state index contributed by atoms with van der Waals surface area (Å²) in [5.41, 5.74) is 0.915. The zero-order chi connectivity index (χ0) is 18.7. The van der Waals surface area contributed by atoms with Gasteiger partial charge >= 0.3 is 0 Å². The van der Waals surface area contributed by atoms with Crippen LogP contribution < -0.4 is 9.47 Å². The first-order chi connectivity index (χ1) is 12.7. The summed E-state index contributed by atoms with van der Waals surface area (Å²) in [5.74, 6) is 1.88. The van der Waals surface area contributed by atoms with Crippen LogP contribution in [-0.4, -0.2) is 16.8 Å². The number of unbranched alkanes of at least 4 members (excludes halogenated alkanes) is 5. The third-order valence-electron chi connectivity index (χ3n) is 4.56. The number of benzene rings is 1. The van der Waals surface area contributed by atoms with Crippen LogP contribution in [0, 0.1) is 0 Å². The van der Waals surface area contributed by atoms with Gasteiger partial charge in [-0.3, -0.25) is 0 Å². The van der Waals surface area contributed by atoms with Gasteiger partial charge < -0.3 is 9.47 Å². The van der Waals surface area contributed by atoms with Crippen molar-refractivity contribution in [1.82, 2.24) is 0 Å². The Morgan fingerprint density at radius 3 is 2.92 bits per heavy atom. The molecule has 1 N–H and O–H groups in total. The van der Waals surface area contributed by atoms with Gasteiger partial charge in [0, 0.05) is 0 Å². The Bertz CT molecular complexity index is 563. The fraction of sp³-hybridized carbons (Fsp3) is 0.600. The number of aryl methyl sites for hydroxylation is 1. The van der Waals surface area contributed by atoms with Crippen LogP contribution in [0.2, 0.25) is 0 Å². The maximum absolute atomic E-state index is 8.08. The Labute approximate surface area is 160 Å². The molecule has 2 rings (SSSR count). The summed E-state index contributed by atoms with van der Waals surface area (Å²) in [5, 5.41) is 11.6. The minimum atomic E-state index is -0.235. The molecular formula is C20H30O5S. The molecule has 0 spiro atoms. The molecule has 26 heavy (non-hydrogen) atoms. The van der Waals surface area contributed by atoms with Gasteiger partial charge in [0.15, 0.2) is 5.94 Å². The molecule has 1 aromatic rings. The van der Waals surface area contributed by atoms with Crippen molar-refractivity contribution in [3.8, 4) is 11.5 Å². The normalized spacial score (nSPS) is 19.3. The van der Waals surface area contributed by atoms with Crippen LogP contribution in [0.1, 0.15) is 64.4 Å². The highest BCUT2D eigenvalue weighted by Gasteiger charge is 2.29. The fourth-order valence-electron chi connectivity index (χ4n) is 3.07. The number of hydrogen-bond donors (Lipinski definition) is 1. The highest BCUT2D eigenvalue weighted by molar-refractivity contribution is 7.94. The summed E-state index contributed by atoms with van der Waals surface area (Å²) in [6.45, 7) is 4.39. The van der Waals surface area contributed by atoms with Crippen molar-refractivity contribution in [3.63, 3.8) is 0 Å². The average Bonchev–Trinajstić information content (AvgIpc) is 2.64. The lowest BCUT2D eigenvalue weighted by atomic mass is 9.91. The van der Waals surface area contributed by atoms with E-state index in [0.29, 0.717) is 0 Å². The number of rotatable bonds is 12. The molecule has 1 aromatic carbocycles. The van der Waals surface area contributed by atoms with Crippen molar-refractivity contribution in [3.05, 3.63) is 35.9 Å². The Morgan fingerprint density at radius 1 is 1.27 bits per heavy atom. The van der Waals surface area contributed by atoms with Crippen LogP contribution in [0.15, 0.2) is 30.4 Å². The van der Waals surface area contributed by atoms with Crippen LogP contribution in [0.3, 0.4) is 0 Å². The topological polar surface area (TPSA) is 57.2 Å². The van der Waals surface area contributed by atoms with Gasteiger partial charge in [0.1, 0.15) is 17.1 Å². The molecule has 1 heterocycles. The second-order valence-corrected chi connectivity index (χ2v) is 7.42. The van der Waals surface area contributed by atoms with Crippen LogP contribution in [-0.2, 0) is 15.8 Å². The smallest absolute Gasteiger partial charge is 0.162 e. The minimum absolute atomic E-state index is 0.221. The summed E-state index contributed by atoms with van der Waals surface area (Å²) >= 11 is 0.868. The van der Waals surface area contributed by atoms with E-state index < -0.39 is 0 Å². The van der Waals surface area contributed by atoms with Crippen molar-refractivity contribution in [2.45, 2.75) is 70.8 Å². The molecule has 146 valence electrons. The van der Waals surface area contributed by atoms with Gasteiger partial charge in [0.2, 0.25) is 0 Å². The molecule has 1 atom stereocenters. The summed E-state index contributed by atoms with van der Waals surface area (Å²) in [6.07, 6.45) is 14.1. The molecule has 0 saturated heterocycles. The van der Waals surface area contributed by atoms with Gasteiger partial charge in [-0.25, -0.2) is 5.26 Å². The van der Waals surface area contributed by atoms with Crippen LogP contribution >= 0.6 is 12.0 Å². The monoisotopic (exact) mass is 382 g/mol. The summed E-state index contributed by atoms with van der Waals surface area (Å²) in [4.78, 5) is 0. The van der Waals surface area contributed by atoms with Gasteiger partial charge in [-0.2, -0.15) is 0 Å². The molecule has 6 heteroatoms. The first-order valence-electron chi connectivity index (χ1n) is 9.39. The first kappa shape index (κ1) is 21.1. The number of hydrogen-bond acceptors (Lipinski definition) is 6. The summed E-state index contributed by atoms with van der Waals surface area (Å²) in [7, 11) is 0. The molecule has 1 aliphatic heterocycles. The van der Waals surface area contributed by atoms with E-state index in [1.807, 2.05) is 18.2 Å². The summed E-state index contributed by atoms with van der Waals surface area (Å²) < 4.78 is 16.0. The predicted molar refractivity (Wildman–Crippen MR) is 104 cm³/mol. The van der Waals surface area contributed by atoms with E-state index in [9.17, 15) is 0 Å². The van der Waals surface area contributed by atoms with Crippen LogP contribution in [0.4, 0.5) is 0 Å². The average molecular weight is 383 g/mol. The standard InChI is InChI=1S/C20H30O5S/c1-3-4-5-6-7-8-9-13-20(2)14-12-17-15-18(10-11-19(17)23-20)22-16-26-25-24-21/h9-11,13,15,21H,3-8,12,14,16H2,1-2H3/b13-9+. The van der Waals surface area contributed by atoms with Crippen molar-refractivity contribution < 1.29 is 24.1 Å². The van der Waals surface area contributed by atoms with Crippen molar-refractivity contribution in [1.29, 1.82) is 0 Å². The van der Waals surface area contributed by atoms with E-state index in [0.717, 1.165) is 48.4 Å². The summed E-state index contributed by atoms with van der Waals surface area (Å²) in [6, 6.07) is 5.82. The van der Waals surface area contributed by atoms with E-state index in [2.05, 4.69) is 35.4 Å². The minimum Gasteiger partial charge on any atom is -0.483 e. The zero-order valence-electron chi connectivity index (χ0n) is 15.7. The second kappa shape index (κ2) is 11.5. The maximum atomic E-state index is 8.08. The van der Waals surface area contributed by atoms with E-state index in [-0.39, 0.29) is 11.5 Å². The Morgan fingerprint density at radius 2 is 2.12 bits per heavy atom. The fourth-order valence-corrected chi connectivity index (χ4v) is 3.34. The SMILES string of the molecule is CCCCCCC/C=C/C1(C)CCc2cc(OCSOOO)ccc2O1. The lowest BCUT2D eigenvalue weighted by Crippen LogP contribution is -2.34. The number of fused-ring (bicyclic) bond motifs is 1. The lowest BCUT2D eigenvalue weighted by molar-refractivity contribution is -0.432. The molecule has 0 saturated carbocycles. The van der Waals surface area contributed by atoms with Crippen molar-refractivity contribution in [2.24, 2.45) is 0 Å². The molecule has 0 radical (unpaired) electrons. The van der Waals surface area contributed by atoms with Crippen LogP contribution in [0.25, 0.3) is 0 Å². The largest absolute Gasteiger partial charge is 0.483 e. The number of allylic oxidation sites excluding steroid dienone is 1. The van der Waals surface area contributed by atoms with E-state index in [1.165, 1.54) is 32.1 Å². The third kappa shape index (κ3) is 7.19. The molecule has 1 aliphatic rings. The maximum Gasteiger partial charge on any atom is 0.162 e. The first-order valence-corrected chi connectivity index (χ1v) is 10.3. The molecule has 1 unspecified atom stereocenters. The predicted octanol–water partition coefficient (Wildman–Crippen LogP) is 6.09. The molecule has 0 bridgehead atoms. The molecule has 5 nitrogen and oxygen atoms in total. The quantitative estimate of drug-likeness (QED) is 0.118. The zero-order valence-corrected chi connectivity index (χ0v) is 16.6. The molecule has 0 fully saturated rings. The third-order valence-corrected chi connectivity index (χ3v) is 4.93. The lowest BCUT2D eigenvalue weighted by Gasteiger charge is -2.33. The highest BCUT2D eigenvalue weighted by Crippen LogP contribution is 2.36. The Balaban J connectivity index is 1.80. The molecule has 0 amide bonds. The Hall–Kier alpha value is -1.21. The molecule has 0 aliphatic carbocycles. The second-order valence-electron chi connectivity index (χ2n) is 6.81. The van der Waals surface area contributed by atoms with E-state index >= 15 is 0 Å². The van der Waals surface area contributed by atoms with Gasteiger partial charge in [-0.1, -0.05) is 43.7 Å². The van der Waals surface area contributed by atoms with Crippen molar-refractivity contribution in [2.75, 3.05) is 5.94 Å². The Kier molecular flexibility index (Phi) is 9.32. The van der Waals surface area contributed by atoms with Gasteiger partial charge in [0.05, 0.1) is 12.0 Å².